The van der Waals surface area contributed by atoms with Gasteiger partial charge in [0.25, 0.3) is 0 Å². The van der Waals surface area contributed by atoms with Crippen molar-refractivity contribution >= 4 is 34.8 Å². The molecule has 0 aliphatic heterocycles. The van der Waals surface area contributed by atoms with Crippen LogP contribution in [0.25, 0.3) is 0 Å². The van der Waals surface area contributed by atoms with Gasteiger partial charge in [-0.25, -0.2) is 0 Å². The van der Waals surface area contributed by atoms with E-state index in [1.165, 1.54) is 25.1 Å². The summed E-state index contributed by atoms with van der Waals surface area (Å²) in [5, 5.41) is 11.1. The lowest BCUT2D eigenvalue weighted by molar-refractivity contribution is -0.137. The second-order valence-corrected chi connectivity index (χ2v) is 5.92. The maximum Gasteiger partial charge on any atom is 0.416 e. The monoisotopic (exact) mass is 395 g/mol. The van der Waals surface area contributed by atoms with Crippen molar-refractivity contribution in [2.45, 2.75) is 13.1 Å². The van der Waals surface area contributed by atoms with Gasteiger partial charge in [0, 0.05) is 12.6 Å². The van der Waals surface area contributed by atoms with Crippen LogP contribution in [0.3, 0.4) is 0 Å². The molecule has 0 aliphatic rings. The summed E-state index contributed by atoms with van der Waals surface area (Å²) >= 11 is 5.85. The Morgan fingerprint density at radius 3 is 2.52 bits per heavy atom. The van der Waals surface area contributed by atoms with Crippen LogP contribution >= 0.6 is 11.6 Å². The molecular formula is C18H13ClF3N3O2. The number of hydrogen-bond donors (Lipinski definition) is 1. The average molecular weight is 396 g/mol. The number of hydrogen-bond acceptors (Lipinski definition) is 3. The molecule has 2 rings (SSSR count). The normalized spacial score (nSPS) is 10.8. The molecule has 0 unspecified atom stereocenters. The highest BCUT2D eigenvalue weighted by atomic mass is 35.5. The number of benzene rings is 2. The van der Waals surface area contributed by atoms with Crippen molar-refractivity contribution in [1.29, 1.82) is 5.26 Å². The van der Waals surface area contributed by atoms with Crippen molar-refractivity contribution < 1.29 is 22.8 Å². The van der Waals surface area contributed by atoms with Crippen molar-refractivity contribution in [3.63, 3.8) is 0 Å². The molecule has 0 atom stereocenters. The Hall–Kier alpha value is -3.05. The van der Waals surface area contributed by atoms with E-state index in [4.69, 9.17) is 16.9 Å². The van der Waals surface area contributed by atoms with Gasteiger partial charge < -0.3 is 10.2 Å². The second-order valence-electron chi connectivity index (χ2n) is 5.51. The fraction of sp³-hybridized carbons (Fsp3) is 0.167. The van der Waals surface area contributed by atoms with Crippen LogP contribution in [0.2, 0.25) is 5.02 Å². The largest absolute Gasteiger partial charge is 0.416 e. The molecule has 0 saturated carbocycles. The Kier molecular flexibility index (Phi) is 6.08. The molecule has 0 radical (unpaired) electrons. The Morgan fingerprint density at radius 1 is 1.22 bits per heavy atom. The van der Waals surface area contributed by atoms with Crippen LogP contribution in [-0.4, -0.2) is 18.4 Å². The minimum atomic E-state index is -4.59. The van der Waals surface area contributed by atoms with E-state index in [0.717, 1.165) is 17.0 Å². The van der Waals surface area contributed by atoms with Gasteiger partial charge in [-0.05, 0) is 36.4 Å². The first-order chi connectivity index (χ1) is 12.6. The van der Waals surface area contributed by atoms with Gasteiger partial charge in [0.2, 0.25) is 11.8 Å². The first kappa shape index (κ1) is 20.3. The second kappa shape index (κ2) is 8.10. The molecule has 0 saturated heterocycles. The van der Waals surface area contributed by atoms with Crippen LogP contribution in [0.4, 0.5) is 24.5 Å². The zero-order chi connectivity index (χ0) is 20.2. The lowest BCUT2D eigenvalue weighted by atomic mass is 10.2. The minimum absolute atomic E-state index is 0.0720. The first-order valence-electron chi connectivity index (χ1n) is 7.56. The van der Waals surface area contributed by atoms with E-state index in [0.29, 0.717) is 17.3 Å². The summed E-state index contributed by atoms with van der Waals surface area (Å²) in [6.45, 7) is 0.764. The summed E-state index contributed by atoms with van der Waals surface area (Å²) in [6, 6.07) is 10.5. The van der Waals surface area contributed by atoms with Gasteiger partial charge in [-0.1, -0.05) is 17.7 Å². The molecule has 2 aromatic carbocycles. The highest BCUT2D eigenvalue weighted by Crippen LogP contribution is 2.33. The Morgan fingerprint density at radius 2 is 1.93 bits per heavy atom. The molecule has 0 fully saturated rings. The van der Waals surface area contributed by atoms with Gasteiger partial charge in [0.15, 0.2) is 0 Å². The smallest absolute Gasteiger partial charge is 0.323 e. The lowest BCUT2D eigenvalue weighted by Crippen LogP contribution is -2.36. The quantitative estimate of drug-likeness (QED) is 0.842. The number of rotatable bonds is 4. The highest BCUT2D eigenvalue weighted by molar-refractivity contribution is 6.33. The molecule has 27 heavy (non-hydrogen) atoms. The number of carbonyl (C=O) groups excluding carboxylic acids is 2. The zero-order valence-electron chi connectivity index (χ0n) is 14.0. The predicted molar refractivity (Wildman–Crippen MR) is 94.3 cm³/mol. The van der Waals surface area contributed by atoms with Gasteiger partial charge in [-0.15, -0.1) is 0 Å². The fourth-order valence-electron chi connectivity index (χ4n) is 2.26. The van der Waals surface area contributed by atoms with Crippen LogP contribution in [0, 0.1) is 11.3 Å². The van der Waals surface area contributed by atoms with Crippen LogP contribution < -0.4 is 10.2 Å². The molecule has 9 heteroatoms. The van der Waals surface area contributed by atoms with E-state index in [9.17, 15) is 22.8 Å². The van der Waals surface area contributed by atoms with E-state index in [2.05, 4.69) is 5.32 Å². The summed E-state index contributed by atoms with van der Waals surface area (Å²) < 4.78 is 38.4. The number of halogens is 4. The highest BCUT2D eigenvalue weighted by Gasteiger charge is 2.31. The van der Waals surface area contributed by atoms with Gasteiger partial charge in [-0.3, -0.25) is 9.59 Å². The molecule has 0 aliphatic carbocycles. The standard InChI is InChI=1S/C18H13ClF3N3O2/c1-11(26)25(14-4-2-3-12(7-14)9-23)10-17(27)24-16-8-13(18(20,21)22)5-6-15(16)19/h2-8H,10H2,1H3,(H,24,27). The number of carbonyl (C=O) groups is 2. The number of anilines is 2. The molecule has 140 valence electrons. The number of nitriles is 1. The van der Waals surface area contributed by atoms with Crippen molar-refractivity contribution in [3.8, 4) is 6.07 Å². The molecule has 1 N–H and O–H groups in total. The van der Waals surface area contributed by atoms with Gasteiger partial charge in [-0.2, -0.15) is 18.4 Å². The minimum Gasteiger partial charge on any atom is -0.323 e. The third-order valence-corrected chi connectivity index (χ3v) is 3.87. The topological polar surface area (TPSA) is 73.2 Å². The van der Waals surface area contributed by atoms with E-state index in [-0.39, 0.29) is 10.7 Å². The van der Waals surface area contributed by atoms with Crippen LogP contribution in [0.15, 0.2) is 42.5 Å². The third-order valence-electron chi connectivity index (χ3n) is 3.54. The van der Waals surface area contributed by atoms with Crippen LogP contribution in [0.1, 0.15) is 18.1 Å². The van der Waals surface area contributed by atoms with Crippen LogP contribution in [-0.2, 0) is 15.8 Å². The van der Waals surface area contributed by atoms with Crippen molar-refractivity contribution in [2.75, 3.05) is 16.8 Å². The number of amides is 2. The number of nitrogens with zero attached hydrogens (tertiary/aromatic N) is 2. The third kappa shape index (κ3) is 5.21. The van der Waals surface area contributed by atoms with Gasteiger partial charge >= 0.3 is 6.18 Å². The van der Waals surface area contributed by atoms with E-state index >= 15 is 0 Å². The molecule has 0 spiro atoms. The van der Waals surface area contributed by atoms with Crippen LogP contribution in [0.5, 0.6) is 0 Å². The van der Waals surface area contributed by atoms with Crippen molar-refractivity contribution in [2.24, 2.45) is 0 Å². The summed E-state index contributed by atoms with van der Waals surface area (Å²) in [7, 11) is 0. The summed E-state index contributed by atoms with van der Waals surface area (Å²) in [6.07, 6.45) is -4.59. The Bertz CT molecular complexity index is 923. The maximum absolute atomic E-state index is 12.8. The fourth-order valence-corrected chi connectivity index (χ4v) is 2.42. The van der Waals surface area contributed by atoms with E-state index in [1.807, 2.05) is 6.07 Å². The molecule has 2 aromatic rings. The zero-order valence-corrected chi connectivity index (χ0v) is 14.7. The van der Waals surface area contributed by atoms with Gasteiger partial charge in [0.05, 0.1) is 27.9 Å². The number of alkyl halides is 3. The Labute approximate surface area is 158 Å². The average Bonchev–Trinajstić information content (AvgIpc) is 2.60. The van der Waals surface area contributed by atoms with Crippen molar-refractivity contribution in [3.05, 3.63) is 58.6 Å². The molecule has 0 aromatic heterocycles. The molecule has 0 bridgehead atoms. The van der Waals surface area contributed by atoms with Gasteiger partial charge in [0.1, 0.15) is 6.54 Å². The SMILES string of the molecule is CC(=O)N(CC(=O)Nc1cc(C(F)(F)F)ccc1Cl)c1cccc(C#N)c1. The predicted octanol–water partition coefficient (Wildman–Crippen LogP) is 4.22. The summed E-state index contributed by atoms with van der Waals surface area (Å²) in [5.74, 6) is -1.22. The summed E-state index contributed by atoms with van der Waals surface area (Å²) in [4.78, 5) is 25.2. The molecule has 0 heterocycles. The number of nitrogens with one attached hydrogen (secondary N) is 1. The molecular weight excluding hydrogens is 383 g/mol. The molecule has 5 nitrogen and oxygen atoms in total. The van der Waals surface area contributed by atoms with E-state index in [1.54, 1.807) is 6.07 Å². The Balaban J connectivity index is 2.22. The van der Waals surface area contributed by atoms with E-state index < -0.39 is 30.1 Å². The lowest BCUT2D eigenvalue weighted by Gasteiger charge is -2.21. The molecule has 2 amide bonds. The first-order valence-corrected chi connectivity index (χ1v) is 7.94. The summed E-state index contributed by atoms with van der Waals surface area (Å²) in [5.41, 5.74) is -0.579. The maximum atomic E-state index is 12.8. The van der Waals surface area contributed by atoms with Crippen molar-refractivity contribution in [1.82, 2.24) is 0 Å².